The van der Waals surface area contributed by atoms with Crippen LogP contribution in [-0.2, 0) is 20.0 Å². The van der Waals surface area contributed by atoms with E-state index >= 15 is 0 Å². The van der Waals surface area contributed by atoms with Crippen molar-refractivity contribution in [1.82, 2.24) is 14.4 Å². The van der Waals surface area contributed by atoms with Crippen molar-refractivity contribution in [2.45, 2.75) is 18.2 Å². The Morgan fingerprint density at radius 2 is 1.90 bits per heavy atom. The zero-order chi connectivity index (χ0) is 15.9. The third kappa shape index (κ3) is 5.96. The second kappa shape index (κ2) is 7.69. The summed E-state index contributed by atoms with van der Waals surface area (Å²) in [5, 5.41) is 2.99. The summed E-state index contributed by atoms with van der Waals surface area (Å²) in [5.74, 6) is 0.136. The molecule has 1 heterocycles. The quantitative estimate of drug-likeness (QED) is 0.571. The number of aromatic nitrogens is 1. The molecule has 0 radical (unpaired) electrons. The van der Waals surface area contributed by atoms with Crippen LogP contribution in [0.25, 0.3) is 0 Å². The number of sulfonamides is 2. The monoisotopic (exact) mass is 336 g/mol. The van der Waals surface area contributed by atoms with Crippen molar-refractivity contribution in [3.8, 4) is 0 Å². The maximum absolute atomic E-state index is 12.1. The van der Waals surface area contributed by atoms with E-state index in [0.29, 0.717) is 12.4 Å². The van der Waals surface area contributed by atoms with Gasteiger partial charge in [0.2, 0.25) is 20.0 Å². The van der Waals surface area contributed by atoms with E-state index in [-0.39, 0.29) is 17.2 Å². The normalized spacial score (nSPS) is 12.3. The Labute approximate surface area is 125 Å². The molecule has 0 aliphatic heterocycles. The average Bonchev–Trinajstić information content (AvgIpc) is 2.45. The van der Waals surface area contributed by atoms with Crippen LogP contribution in [0, 0.1) is 0 Å². The van der Waals surface area contributed by atoms with Crippen molar-refractivity contribution in [2.24, 2.45) is 0 Å². The average molecular weight is 336 g/mol. The number of hydrogen-bond acceptors (Lipinski definition) is 6. The number of nitrogens with one attached hydrogen (secondary N) is 3. The molecule has 0 amide bonds. The van der Waals surface area contributed by atoms with Crippen LogP contribution >= 0.6 is 0 Å². The summed E-state index contributed by atoms with van der Waals surface area (Å²) in [6, 6.07) is 2.76. The Morgan fingerprint density at radius 1 is 1.19 bits per heavy atom. The first-order chi connectivity index (χ1) is 9.80. The topological polar surface area (TPSA) is 117 Å². The third-order valence-corrected chi connectivity index (χ3v) is 5.39. The molecule has 0 aromatic carbocycles. The lowest BCUT2D eigenvalue weighted by atomic mass is 10.4. The number of rotatable bonds is 9. The Morgan fingerprint density at radius 3 is 2.52 bits per heavy atom. The van der Waals surface area contributed by atoms with Gasteiger partial charge in [0.1, 0.15) is 5.82 Å². The van der Waals surface area contributed by atoms with Crippen LogP contribution < -0.4 is 14.8 Å². The van der Waals surface area contributed by atoms with Crippen LogP contribution in [0.15, 0.2) is 23.2 Å². The molecule has 1 aromatic heterocycles. The fourth-order valence-corrected chi connectivity index (χ4v) is 3.17. The summed E-state index contributed by atoms with van der Waals surface area (Å²) >= 11 is 0. The molecule has 10 heteroatoms. The van der Waals surface area contributed by atoms with Crippen LogP contribution in [0.2, 0.25) is 0 Å². The molecule has 0 fully saturated rings. The molecule has 0 saturated heterocycles. The molecule has 0 aliphatic rings. The molecule has 120 valence electrons. The van der Waals surface area contributed by atoms with Gasteiger partial charge < -0.3 is 5.32 Å². The van der Waals surface area contributed by atoms with Crippen LogP contribution in [0.1, 0.15) is 13.3 Å². The molecule has 0 spiro atoms. The van der Waals surface area contributed by atoms with Gasteiger partial charge in [-0.2, -0.15) is 0 Å². The van der Waals surface area contributed by atoms with Gasteiger partial charge in [0.25, 0.3) is 0 Å². The Hall–Kier alpha value is -1.23. The van der Waals surface area contributed by atoms with Crippen molar-refractivity contribution in [1.29, 1.82) is 0 Å². The molecule has 0 saturated carbocycles. The fraction of sp³-hybridized carbons (Fsp3) is 0.545. The molecule has 0 atom stereocenters. The molecule has 3 N–H and O–H groups in total. The van der Waals surface area contributed by atoms with E-state index in [4.69, 9.17) is 0 Å². The van der Waals surface area contributed by atoms with E-state index in [9.17, 15) is 16.8 Å². The maximum Gasteiger partial charge on any atom is 0.240 e. The highest BCUT2D eigenvalue weighted by molar-refractivity contribution is 7.90. The van der Waals surface area contributed by atoms with E-state index < -0.39 is 20.0 Å². The van der Waals surface area contributed by atoms with Gasteiger partial charge >= 0.3 is 0 Å². The highest BCUT2D eigenvalue weighted by Crippen LogP contribution is 2.12. The van der Waals surface area contributed by atoms with Crippen LogP contribution in [0.4, 0.5) is 5.82 Å². The number of nitrogens with zero attached hydrogens (tertiary/aromatic N) is 1. The summed E-state index contributed by atoms with van der Waals surface area (Å²) < 4.78 is 50.9. The van der Waals surface area contributed by atoms with E-state index in [0.717, 1.165) is 6.42 Å². The second-order valence-corrected chi connectivity index (χ2v) is 8.04. The maximum atomic E-state index is 12.1. The first kappa shape index (κ1) is 17.8. The summed E-state index contributed by atoms with van der Waals surface area (Å²) in [4.78, 5) is 4.05. The SMILES string of the molecule is CCCNc1cc(S(=O)(=O)NCCS(=O)(=O)NC)ccn1. The number of anilines is 1. The minimum absolute atomic E-state index is 0.0398. The summed E-state index contributed by atoms with van der Waals surface area (Å²) in [5.41, 5.74) is 0. The summed E-state index contributed by atoms with van der Waals surface area (Å²) in [6.45, 7) is 2.47. The lowest BCUT2D eigenvalue weighted by Crippen LogP contribution is -2.33. The van der Waals surface area contributed by atoms with Crippen molar-refractivity contribution >= 4 is 25.9 Å². The van der Waals surface area contributed by atoms with Gasteiger partial charge in [-0.1, -0.05) is 6.92 Å². The molecule has 8 nitrogen and oxygen atoms in total. The van der Waals surface area contributed by atoms with Gasteiger partial charge in [-0.15, -0.1) is 0 Å². The van der Waals surface area contributed by atoms with Crippen molar-refractivity contribution in [3.05, 3.63) is 18.3 Å². The van der Waals surface area contributed by atoms with Crippen LogP contribution in [0.3, 0.4) is 0 Å². The molecular formula is C11H20N4O4S2. The standard InChI is InChI=1S/C11H20N4O4S2/c1-3-5-13-11-9-10(4-6-14-11)21(18,19)15-7-8-20(16,17)12-2/h4,6,9,12,15H,3,5,7-8H2,1-2H3,(H,13,14). The molecule has 0 unspecified atom stereocenters. The van der Waals surface area contributed by atoms with Gasteiger partial charge in [0.05, 0.1) is 10.6 Å². The Bertz CT molecular complexity index is 659. The van der Waals surface area contributed by atoms with Crippen molar-refractivity contribution < 1.29 is 16.8 Å². The van der Waals surface area contributed by atoms with Gasteiger partial charge in [0, 0.05) is 25.4 Å². The second-order valence-electron chi connectivity index (χ2n) is 4.22. The van der Waals surface area contributed by atoms with Crippen LogP contribution in [-0.4, -0.2) is 47.7 Å². The van der Waals surface area contributed by atoms with Gasteiger partial charge in [0.15, 0.2) is 0 Å². The molecule has 21 heavy (non-hydrogen) atoms. The van der Waals surface area contributed by atoms with Crippen molar-refractivity contribution in [3.63, 3.8) is 0 Å². The zero-order valence-corrected chi connectivity index (χ0v) is 13.6. The molecule has 1 rings (SSSR count). The minimum atomic E-state index is -3.76. The highest BCUT2D eigenvalue weighted by Gasteiger charge is 2.16. The van der Waals surface area contributed by atoms with Gasteiger partial charge in [-0.25, -0.2) is 31.3 Å². The zero-order valence-electron chi connectivity index (χ0n) is 12.0. The number of hydrogen-bond donors (Lipinski definition) is 3. The van der Waals surface area contributed by atoms with Gasteiger partial charge in [-0.05, 0) is 19.5 Å². The smallest absolute Gasteiger partial charge is 0.240 e. The first-order valence-corrected chi connectivity index (χ1v) is 9.55. The third-order valence-electron chi connectivity index (χ3n) is 2.57. The number of pyridine rings is 1. The Kier molecular flexibility index (Phi) is 6.52. The minimum Gasteiger partial charge on any atom is -0.370 e. The lowest BCUT2D eigenvalue weighted by molar-refractivity contribution is 0.578. The van der Waals surface area contributed by atoms with E-state index in [1.807, 2.05) is 6.92 Å². The predicted molar refractivity (Wildman–Crippen MR) is 81.1 cm³/mol. The lowest BCUT2D eigenvalue weighted by Gasteiger charge is -2.09. The van der Waals surface area contributed by atoms with Crippen molar-refractivity contribution in [2.75, 3.05) is 31.2 Å². The molecule has 0 bridgehead atoms. The largest absolute Gasteiger partial charge is 0.370 e. The summed E-state index contributed by atoms with van der Waals surface area (Å²) in [7, 11) is -5.93. The summed E-state index contributed by atoms with van der Waals surface area (Å²) in [6.07, 6.45) is 2.27. The fourth-order valence-electron chi connectivity index (χ4n) is 1.42. The van der Waals surface area contributed by atoms with Gasteiger partial charge in [-0.3, -0.25) is 0 Å². The van der Waals surface area contributed by atoms with E-state index in [2.05, 4.69) is 19.7 Å². The predicted octanol–water partition coefficient (Wildman–Crippen LogP) is -0.269. The molecule has 0 aliphatic carbocycles. The van der Waals surface area contributed by atoms with E-state index in [1.54, 1.807) is 0 Å². The molecule has 1 aromatic rings. The molecular weight excluding hydrogens is 316 g/mol. The van der Waals surface area contributed by atoms with E-state index in [1.165, 1.54) is 25.4 Å². The highest BCUT2D eigenvalue weighted by atomic mass is 32.2. The Balaban J connectivity index is 2.74. The first-order valence-electron chi connectivity index (χ1n) is 6.41. The van der Waals surface area contributed by atoms with Crippen LogP contribution in [0.5, 0.6) is 0 Å².